The highest BCUT2D eigenvalue weighted by molar-refractivity contribution is 5.75. The van der Waals surface area contributed by atoms with Gasteiger partial charge in [0.1, 0.15) is 0 Å². The van der Waals surface area contributed by atoms with Crippen LogP contribution in [0, 0.1) is 0 Å². The zero-order valence-electron chi connectivity index (χ0n) is 40.5. The van der Waals surface area contributed by atoms with Gasteiger partial charge in [0.05, 0.1) is 44.1 Å². The second-order valence-corrected chi connectivity index (χ2v) is 19.0. The van der Waals surface area contributed by atoms with E-state index in [4.69, 9.17) is 11.5 Å². The fourth-order valence-corrected chi connectivity index (χ4v) is 8.14. The molecule has 0 amide bonds. The number of hydrogen-bond donors (Lipinski definition) is 8. The lowest BCUT2D eigenvalue weighted by atomic mass is 10.0. The molecule has 63 heavy (non-hydrogen) atoms. The lowest BCUT2D eigenvalue weighted by Crippen LogP contribution is -2.58. The number of rotatable bonds is 47. The summed E-state index contributed by atoms with van der Waals surface area (Å²) in [6, 6.07) is -0.130. The maximum atomic E-state index is 12.2. The van der Waals surface area contributed by atoms with Gasteiger partial charge in [-0.25, -0.2) is 4.79 Å². The van der Waals surface area contributed by atoms with Gasteiger partial charge in [-0.05, 0) is 72.1 Å². The van der Waals surface area contributed by atoms with Gasteiger partial charge in [0.2, 0.25) is 0 Å². The summed E-state index contributed by atoms with van der Waals surface area (Å²) in [5.74, 6) is -2.11. The van der Waals surface area contributed by atoms with E-state index in [9.17, 15) is 38.4 Å². The Balaban J connectivity index is 4.98. The molecule has 0 saturated heterocycles. The summed E-state index contributed by atoms with van der Waals surface area (Å²) < 4.78 is 40.8. The molecule has 0 fully saturated rings. The lowest BCUT2D eigenvalue weighted by molar-refractivity contribution is -0.199. The number of nitrogens with zero attached hydrogens (tertiary/aromatic N) is 2. The number of unbranched alkanes of at least 4 members (excludes halogenated alkanes) is 23. The number of alkyl halides is 3. The highest BCUT2D eigenvalue weighted by Crippen LogP contribution is 2.18. The minimum atomic E-state index is -4.92. The van der Waals surface area contributed by atoms with Crippen molar-refractivity contribution in [2.75, 3.05) is 85.4 Å². The molecule has 0 aromatic rings. The van der Waals surface area contributed by atoms with Crippen LogP contribution in [0.3, 0.4) is 0 Å². The summed E-state index contributed by atoms with van der Waals surface area (Å²) in [5.41, 5.74) is 10.8. The Hall–Kier alpha value is -1.14. The van der Waals surface area contributed by atoms with Gasteiger partial charge >= 0.3 is 12.1 Å². The minimum Gasteiger partial charge on any atom is -0.459 e. The van der Waals surface area contributed by atoms with Crippen LogP contribution in [0.4, 0.5) is 13.2 Å². The van der Waals surface area contributed by atoms with Gasteiger partial charge < -0.3 is 57.1 Å². The normalized spacial score (nSPS) is 13.7. The van der Waals surface area contributed by atoms with Gasteiger partial charge in [0, 0.05) is 38.3 Å². The van der Waals surface area contributed by atoms with E-state index in [1.165, 1.54) is 96.3 Å². The minimum absolute atomic E-state index is 0.0536. The smallest absolute Gasteiger partial charge is 0.459 e. The third kappa shape index (κ3) is 34.8. The van der Waals surface area contributed by atoms with Gasteiger partial charge in [0.25, 0.3) is 0 Å². The summed E-state index contributed by atoms with van der Waals surface area (Å²) in [4.78, 5) is 15.7. The molecule has 378 valence electrons. The molecule has 2 unspecified atom stereocenters. The van der Waals surface area contributed by atoms with Gasteiger partial charge in [0.15, 0.2) is 0 Å². The second-order valence-electron chi connectivity index (χ2n) is 19.0. The molecule has 0 rings (SSSR count). The molecule has 0 aliphatic rings. The molecule has 0 aromatic heterocycles. The number of carbonyl (C=O) groups excluding carboxylic acids is 1. The van der Waals surface area contributed by atoms with Crippen LogP contribution in [0.5, 0.6) is 0 Å². The maximum absolute atomic E-state index is 12.2. The van der Waals surface area contributed by atoms with Crippen molar-refractivity contribution in [3.05, 3.63) is 0 Å². The van der Waals surface area contributed by atoms with Crippen molar-refractivity contribution in [2.45, 2.75) is 217 Å². The van der Waals surface area contributed by atoms with Gasteiger partial charge in [-0.15, -0.1) is 0 Å². The van der Waals surface area contributed by atoms with Crippen LogP contribution < -0.4 is 22.1 Å². The van der Waals surface area contributed by atoms with Crippen molar-refractivity contribution in [3.8, 4) is 0 Å². The number of esters is 1. The third-order valence-corrected chi connectivity index (χ3v) is 12.4. The quantitative estimate of drug-likeness (QED) is 0.0227. The van der Waals surface area contributed by atoms with E-state index in [0.29, 0.717) is 19.5 Å². The fraction of sp³-hybridized carbons (Fsp3) is 0.979. The molecule has 0 aromatic carbocycles. The molecular formula is C48H99F3N6O6. The number of aliphatic hydroxyl groups is 4. The first-order chi connectivity index (χ1) is 30.2. The topological polar surface area (TPSA) is 190 Å². The Morgan fingerprint density at radius 3 is 1.05 bits per heavy atom. The van der Waals surface area contributed by atoms with Gasteiger partial charge in [-0.1, -0.05) is 142 Å². The third-order valence-electron chi connectivity index (χ3n) is 12.4. The molecule has 15 heteroatoms. The molecule has 2 atom stereocenters. The number of aliphatic hydroxyl groups excluding tert-OH is 4. The van der Waals surface area contributed by atoms with Gasteiger partial charge in [-0.3, -0.25) is 0 Å². The monoisotopic (exact) mass is 913 g/mol. The lowest BCUT2D eigenvalue weighted by Gasteiger charge is -2.35. The van der Waals surface area contributed by atoms with E-state index in [1.54, 1.807) is 0 Å². The standard InChI is InChI=1S/C48H99F3N6O6/c1-4-5-6-7-8-9-10-13-16-19-22-25-30-56(37-43(35-52)54-46(2,39-58)40-59)32-27-28-33-57(38-44(36-53)55-47(3,41-60)42-61)31-26-23-20-17-14-11-12-15-18-21-24-29-34-63-45(62)48(49,50)51/h43-44,54-55,58-61H,4-42,52-53H2,1-3H3. The van der Waals surface area contributed by atoms with E-state index < -0.39 is 23.2 Å². The number of halogens is 3. The first-order valence-corrected chi connectivity index (χ1v) is 25.3. The Labute approximate surface area is 382 Å². The fourth-order valence-electron chi connectivity index (χ4n) is 8.14. The van der Waals surface area contributed by atoms with Crippen molar-refractivity contribution in [2.24, 2.45) is 11.5 Å². The second kappa shape index (κ2) is 40.0. The zero-order chi connectivity index (χ0) is 47.1. The number of carbonyl (C=O) groups is 1. The van der Waals surface area contributed by atoms with Crippen LogP contribution in [-0.2, 0) is 9.53 Å². The molecule has 12 nitrogen and oxygen atoms in total. The predicted molar refractivity (Wildman–Crippen MR) is 253 cm³/mol. The van der Waals surface area contributed by atoms with E-state index >= 15 is 0 Å². The predicted octanol–water partition coefficient (Wildman–Crippen LogP) is 7.18. The van der Waals surface area contributed by atoms with Crippen molar-refractivity contribution in [1.29, 1.82) is 0 Å². The van der Waals surface area contributed by atoms with Crippen LogP contribution in [0.15, 0.2) is 0 Å². The number of nitrogens with one attached hydrogen (secondary N) is 2. The van der Waals surface area contributed by atoms with Crippen molar-refractivity contribution >= 4 is 5.97 Å². The Morgan fingerprint density at radius 1 is 0.508 bits per heavy atom. The number of hydrogen-bond acceptors (Lipinski definition) is 12. The van der Waals surface area contributed by atoms with E-state index in [2.05, 4.69) is 32.1 Å². The van der Waals surface area contributed by atoms with E-state index in [1.807, 2.05) is 13.8 Å². The molecule has 0 aliphatic carbocycles. The Bertz CT molecular complexity index is 1030. The molecule has 0 spiro atoms. The molecule has 10 N–H and O–H groups in total. The number of ether oxygens (including phenoxy) is 1. The summed E-state index contributed by atoms with van der Waals surface area (Å²) >= 11 is 0. The average molecular weight is 913 g/mol. The highest BCUT2D eigenvalue weighted by Gasteiger charge is 2.40. The van der Waals surface area contributed by atoms with Crippen LogP contribution in [-0.4, -0.2) is 151 Å². The first kappa shape index (κ1) is 61.9. The Morgan fingerprint density at radius 2 is 0.778 bits per heavy atom. The zero-order valence-corrected chi connectivity index (χ0v) is 40.5. The van der Waals surface area contributed by atoms with Crippen LogP contribution in [0.25, 0.3) is 0 Å². The molecule has 0 heterocycles. The molecule has 0 aliphatic heterocycles. The summed E-state index contributed by atoms with van der Waals surface area (Å²) in [7, 11) is 0. The number of nitrogens with two attached hydrogens (primary N) is 2. The molecular weight excluding hydrogens is 814 g/mol. The largest absolute Gasteiger partial charge is 0.490 e. The van der Waals surface area contributed by atoms with E-state index in [-0.39, 0.29) is 45.1 Å². The average Bonchev–Trinajstić information content (AvgIpc) is 3.27. The van der Waals surface area contributed by atoms with Crippen molar-refractivity contribution in [3.63, 3.8) is 0 Å². The Kier molecular flexibility index (Phi) is 39.3. The van der Waals surface area contributed by atoms with Crippen molar-refractivity contribution in [1.82, 2.24) is 20.4 Å². The van der Waals surface area contributed by atoms with Crippen molar-refractivity contribution < 1.29 is 43.1 Å². The van der Waals surface area contributed by atoms with Crippen LogP contribution in [0.1, 0.15) is 188 Å². The molecule has 0 bridgehead atoms. The maximum Gasteiger partial charge on any atom is 0.490 e. The van der Waals surface area contributed by atoms with Crippen LogP contribution in [0.2, 0.25) is 0 Å². The van der Waals surface area contributed by atoms with E-state index in [0.717, 1.165) is 103 Å². The molecule has 0 saturated carbocycles. The van der Waals surface area contributed by atoms with Gasteiger partial charge in [-0.2, -0.15) is 13.2 Å². The SMILES string of the molecule is CCCCCCCCCCCCCCN(CCCCN(CCCCCCCCCCCCCCOC(=O)C(F)(F)F)CC(CN)NC(C)(CO)CO)CC(CN)NC(C)(CO)CO. The highest BCUT2D eigenvalue weighted by atomic mass is 19.4. The van der Waals surface area contributed by atoms with Crippen LogP contribution >= 0.6 is 0 Å². The summed E-state index contributed by atoms with van der Waals surface area (Å²) in [6.45, 7) is 11.1. The summed E-state index contributed by atoms with van der Waals surface area (Å²) in [5, 5.41) is 46.6. The molecule has 0 radical (unpaired) electrons. The first-order valence-electron chi connectivity index (χ1n) is 25.3. The summed E-state index contributed by atoms with van der Waals surface area (Å²) in [6.07, 6.45) is 25.2.